The first kappa shape index (κ1) is 14.4. The van der Waals surface area contributed by atoms with Gasteiger partial charge in [-0.15, -0.1) is 0 Å². The molecule has 19 heavy (non-hydrogen) atoms. The summed E-state index contributed by atoms with van der Waals surface area (Å²) in [6.07, 6.45) is 0. The van der Waals surface area contributed by atoms with E-state index in [0.29, 0.717) is 17.1 Å². The van der Waals surface area contributed by atoms with Gasteiger partial charge in [0.15, 0.2) is 0 Å². The van der Waals surface area contributed by atoms with Crippen molar-refractivity contribution >= 4 is 23.4 Å². The van der Waals surface area contributed by atoms with Crippen LogP contribution in [0.3, 0.4) is 0 Å². The lowest BCUT2D eigenvalue weighted by Crippen LogP contribution is -2.45. The summed E-state index contributed by atoms with van der Waals surface area (Å²) in [6.45, 7) is 11.9. The molecule has 1 aliphatic rings. The summed E-state index contributed by atoms with van der Waals surface area (Å²) in [5, 5.41) is 0.614. The number of anilines is 2. The second kappa shape index (κ2) is 5.19. The average Bonchev–Trinajstić information content (AvgIpc) is 2.31. The maximum absolute atomic E-state index is 5.96. The molecule has 106 valence electrons. The monoisotopic (exact) mass is 280 g/mol. The van der Waals surface area contributed by atoms with E-state index in [0.717, 1.165) is 23.9 Å². The van der Waals surface area contributed by atoms with Crippen LogP contribution < -0.4 is 10.6 Å². The van der Waals surface area contributed by atoms with Crippen LogP contribution in [0.15, 0.2) is 6.07 Å². The highest BCUT2D eigenvalue weighted by Crippen LogP contribution is 2.30. The SMILES string of the molecule is CC1SCCN(c2cc(N)nc(C(C)(C)C)n2)C1C. The van der Waals surface area contributed by atoms with Crippen LogP contribution >= 0.6 is 11.8 Å². The molecule has 2 N–H and O–H groups in total. The van der Waals surface area contributed by atoms with E-state index in [9.17, 15) is 0 Å². The maximum atomic E-state index is 5.96. The lowest BCUT2D eigenvalue weighted by molar-refractivity contribution is 0.540. The number of rotatable bonds is 1. The van der Waals surface area contributed by atoms with Crippen molar-refractivity contribution < 1.29 is 0 Å². The summed E-state index contributed by atoms with van der Waals surface area (Å²) in [5.41, 5.74) is 5.88. The minimum atomic E-state index is -0.0798. The van der Waals surface area contributed by atoms with Gasteiger partial charge in [-0.25, -0.2) is 9.97 Å². The van der Waals surface area contributed by atoms with E-state index >= 15 is 0 Å². The molecule has 0 aromatic carbocycles. The Hall–Kier alpha value is -0.970. The van der Waals surface area contributed by atoms with E-state index in [1.807, 2.05) is 17.8 Å². The van der Waals surface area contributed by atoms with Crippen LogP contribution in [0.5, 0.6) is 0 Å². The van der Waals surface area contributed by atoms with Crippen LogP contribution in [0.4, 0.5) is 11.6 Å². The van der Waals surface area contributed by atoms with E-state index in [1.54, 1.807) is 0 Å². The summed E-state index contributed by atoms with van der Waals surface area (Å²) in [4.78, 5) is 11.5. The van der Waals surface area contributed by atoms with Gasteiger partial charge in [0.1, 0.15) is 17.5 Å². The fourth-order valence-corrected chi connectivity index (χ4v) is 3.29. The Balaban J connectivity index is 2.36. The molecule has 5 heteroatoms. The molecule has 1 aromatic heterocycles. The van der Waals surface area contributed by atoms with Gasteiger partial charge in [-0.2, -0.15) is 11.8 Å². The van der Waals surface area contributed by atoms with E-state index in [2.05, 4.69) is 44.5 Å². The first-order valence-electron chi connectivity index (χ1n) is 6.82. The Morgan fingerprint density at radius 3 is 2.63 bits per heavy atom. The molecule has 0 aliphatic carbocycles. The van der Waals surface area contributed by atoms with Gasteiger partial charge in [0.05, 0.1) is 0 Å². The molecule has 0 amide bonds. The fraction of sp³-hybridized carbons (Fsp3) is 0.714. The summed E-state index contributed by atoms with van der Waals surface area (Å²) >= 11 is 2.02. The molecular weight excluding hydrogens is 256 g/mol. The first-order valence-corrected chi connectivity index (χ1v) is 7.87. The Morgan fingerprint density at radius 2 is 2.00 bits per heavy atom. The van der Waals surface area contributed by atoms with Crippen molar-refractivity contribution in [1.29, 1.82) is 0 Å². The van der Waals surface area contributed by atoms with E-state index < -0.39 is 0 Å². The highest BCUT2D eigenvalue weighted by molar-refractivity contribution is 8.00. The molecule has 1 saturated heterocycles. The molecule has 1 aromatic rings. The Morgan fingerprint density at radius 1 is 1.32 bits per heavy atom. The third-order valence-corrected chi connectivity index (χ3v) is 4.92. The van der Waals surface area contributed by atoms with Crippen molar-refractivity contribution in [1.82, 2.24) is 9.97 Å². The quantitative estimate of drug-likeness (QED) is 0.857. The third-order valence-electron chi connectivity index (χ3n) is 3.58. The van der Waals surface area contributed by atoms with Gasteiger partial charge in [-0.05, 0) is 6.92 Å². The topological polar surface area (TPSA) is 55.0 Å². The molecule has 0 radical (unpaired) electrons. The zero-order chi connectivity index (χ0) is 14.2. The van der Waals surface area contributed by atoms with Crippen molar-refractivity contribution in [3.05, 3.63) is 11.9 Å². The fourth-order valence-electron chi connectivity index (χ4n) is 2.19. The number of aromatic nitrogens is 2. The smallest absolute Gasteiger partial charge is 0.138 e. The molecule has 2 heterocycles. The summed E-state index contributed by atoms with van der Waals surface area (Å²) in [7, 11) is 0. The highest BCUT2D eigenvalue weighted by atomic mass is 32.2. The number of nitrogens with zero attached hydrogens (tertiary/aromatic N) is 3. The number of nitrogen functional groups attached to an aromatic ring is 1. The lowest BCUT2D eigenvalue weighted by Gasteiger charge is -2.38. The van der Waals surface area contributed by atoms with Crippen LogP contribution in [0.2, 0.25) is 0 Å². The molecule has 2 atom stereocenters. The van der Waals surface area contributed by atoms with Crippen LogP contribution in [-0.2, 0) is 5.41 Å². The van der Waals surface area contributed by atoms with Gasteiger partial charge in [-0.3, -0.25) is 0 Å². The molecule has 0 spiro atoms. The predicted octanol–water partition coefficient (Wildman–Crippen LogP) is 2.69. The molecular formula is C14H24N4S. The minimum absolute atomic E-state index is 0.0798. The van der Waals surface area contributed by atoms with E-state index in [4.69, 9.17) is 10.7 Å². The van der Waals surface area contributed by atoms with Crippen molar-refractivity contribution in [2.75, 3.05) is 22.9 Å². The van der Waals surface area contributed by atoms with Crippen molar-refractivity contribution in [2.24, 2.45) is 0 Å². The van der Waals surface area contributed by atoms with Gasteiger partial charge in [0.2, 0.25) is 0 Å². The number of hydrogen-bond acceptors (Lipinski definition) is 5. The highest BCUT2D eigenvalue weighted by Gasteiger charge is 2.28. The summed E-state index contributed by atoms with van der Waals surface area (Å²) < 4.78 is 0. The van der Waals surface area contributed by atoms with Gasteiger partial charge in [-0.1, -0.05) is 27.7 Å². The second-order valence-electron chi connectivity index (χ2n) is 6.23. The van der Waals surface area contributed by atoms with Gasteiger partial charge in [0.25, 0.3) is 0 Å². The zero-order valence-electron chi connectivity index (χ0n) is 12.5. The molecule has 1 aliphatic heterocycles. The Kier molecular flexibility index (Phi) is 3.95. The standard InChI is InChI=1S/C14H24N4S/c1-9-10(2)19-7-6-18(9)12-8-11(15)16-13(17-12)14(3,4)5/h8-10H,6-7H2,1-5H3,(H2,15,16,17). The Bertz CT molecular complexity index is 455. The number of hydrogen-bond donors (Lipinski definition) is 1. The van der Waals surface area contributed by atoms with Crippen molar-refractivity contribution in [2.45, 2.75) is 51.3 Å². The Labute approximate surface area is 120 Å². The van der Waals surface area contributed by atoms with Crippen LogP contribution in [-0.4, -0.2) is 33.6 Å². The molecule has 0 saturated carbocycles. The third kappa shape index (κ3) is 3.14. The number of nitrogens with two attached hydrogens (primary N) is 1. The van der Waals surface area contributed by atoms with Crippen molar-refractivity contribution in [3.8, 4) is 0 Å². The minimum Gasteiger partial charge on any atom is -0.384 e. The number of thioether (sulfide) groups is 1. The molecule has 2 rings (SSSR count). The van der Waals surface area contributed by atoms with E-state index in [1.165, 1.54) is 0 Å². The second-order valence-corrected chi connectivity index (χ2v) is 7.72. The maximum Gasteiger partial charge on any atom is 0.138 e. The van der Waals surface area contributed by atoms with E-state index in [-0.39, 0.29) is 5.41 Å². The average molecular weight is 280 g/mol. The normalized spacial score (nSPS) is 24.6. The molecule has 4 nitrogen and oxygen atoms in total. The lowest BCUT2D eigenvalue weighted by atomic mass is 9.95. The van der Waals surface area contributed by atoms with Crippen molar-refractivity contribution in [3.63, 3.8) is 0 Å². The summed E-state index contributed by atoms with van der Waals surface area (Å²) in [6, 6.07) is 2.37. The zero-order valence-corrected chi connectivity index (χ0v) is 13.3. The first-order chi connectivity index (χ1) is 8.79. The predicted molar refractivity (Wildman–Crippen MR) is 83.9 cm³/mol. The molecule has 1 fully saturated rings. The van der Waals surface area contributed by atoms with Gasteiger partial charge >= 0.3 is 0 Å². The van der Waals surface area contributed by atoms with Crippen LogP contribution in [0.25, 0.3) is 0 Å². The van der Waals surface area contributed by atoms with Gasteiger partial charge < -0.3 is 10.6 Å². The largest absolute Gasteiger partial charge is 0.384 e. The summed E-state index contributed by atoms with van der Waals surface area (Å²) in [5.74, 6) is 3.49. The van der Waals surface area contributed by atoms with Crippen LogP contribution in [0.1, 0.15) is 40.4 Å². The molecule has 0 bridgehead atoms. The molecule has 2 unspecified atom stereocenters. The van der Waals surface area contributed by atoms with Gasteiger partial charge in [0, 0.05) is 35.1 Å². The van der Waals surface area contributed by atoms with Crippen LogP contribution in [0, 0.1) is 0 Å².